The van der Waals surface area contributed by atoms with Gasteiger partial charge in [-0.2, -0.15) is 0 Å². The maximum atomic E-state index is 11.4. The smallest absolute Gasteiger partial charge is 0.249 e. The van der Waals surface area contributed by atoms with Crippen molar-refractivity contribution in [2.75, 3.05) is 0 Å². The standard InChI is InChI=1S/C14H13N3O2/c1-3-10-5-4-6-11(14(15)18)12(10)9-19-13-7-8-17(2)16-13/h1,4-8H,9H2,2H3,(H2,15,18). The predicted molar refractivity (Wildman–Crippen MR) is 70.4 cm³/mol. The van der Waals surface area contributed by atoms with Gasteiger partial charge < -0.3 is 10.5 Å². The molecule has 5 heteroatoms. The van der Waals surface area contributed by atoms with Gasteiger partial charge in [-0.1, -0.05) is 12.0 Å². The van der Waals surface area contributed by atoms with Gasteiger partial charge >= 0.3 is 0 Å². The van der Waals surface area contributed by atoms with Gasteiger partial charge in [-0.3, -0.25) is 9.48 Å². The number of aromatic nitrogens is 2. The van der Waals surface area contributed by atoms with E-state index < -0.39 is 5.91 Å². The average Bonchev–Trinajstić information content (AvgIpc) is 2.81. The first-order valence-corrected chi connectivity index (χ1v) is 5.62. The summed E-state index contributed by atoms with van der Waals surface area (Å²) in [5.41, 5.74) is 6.89. The second-order valence-corrected chi connectivity index (χ2v) is 3.96. The number of hydrogen-bond acceptors (Lipinski definition) is 3. The second kappa shape index (κ2) is 5.27. The lowest BCUT2D eigenvalue weighted by Crippen LogP contribution is -2.16. The molecule has 1 aromatic heterocycles. The summed E-state index contributed by atoms with van der Waals surface area (Å²) in [7, 11) is 1.79. The first-order chi connectivity index (χ1) is 9.11. The molecule has 0 saturated heterocycles. The molecule has 0 radical (unpaired) electrons. The zero-order valence-corrected chi connectivity index (χ0v) is 10.5. The molecule has 0 unspecified atom stereocenters. The van der Waals surface area contributed by atoms with Crippen molar-refractivity contribution in [3.05, 3.63) is 47.2 Å². The second-order valence-electron chi connectivity index (χ2n) is 3.96. The number of carbonyl (C=O) groups excluding carboxylic acids is 1. The van der Waals surface area contributed by atoms with E-state index in [1.165, 1.54) is 0 Å². The van der Waals surface area contributed by atoms with Gasteiger partial charge in [-0.05, 0) is 12.1 Å². The minimum Gasteiger partial charge on any atom is -0.472 e. The van der Waals surface area contributed by atoms with Crippen molar-refractivity contribution in [1.29, 1.82) is 0 Å². The lowest BCUT2D eigenvalue weighted by Gasteiger charge is -2.09. The highest BCUT2D eigenvalue weighted by Gasteiger charge is 2.12. The lowest BCUT2D eigenvalue weighted by atomic mass is 10.0. The van der Waals surface area contributed by atoms with E-state index in [1.54, 1.807) is 42.2 Å². The Hall–Kier alpha value is -2.74. The number of rotatable bonds is 4. The van der Waals surface area contributed by atoms with Gasteiger partial charge in [0.05, 0.1) is 0 Å². The van der Waals surface area contributed by atoms with Crippen LogP contribution in [0.2, 0.25) is 0 Å². The van der Waals surface area contributed by atoms with Gasteiger partial charge in [-0.25, -0.2) is 0 Å². The number of hydrogen-bond donors (Lipinski definition) is 1. The third-order valence-corrected chi connectivity index (χ3v) is 2.65. The van der Waals surface area contributed by atoms with E-state index in [4.69, 9.17) is 16.9 Å². The van der Waals surface area contributed by atoms with Gasteiger partial charge in [0.15, 0.2) is 0 Å². The fraction of sp³-hybridized carbons (Fsp3) is 0.143. The summed E-state index contributed by atoms with van der Waals surface area (Å²) in [5, 5.41) is 4.08. The Morgan fingerprint density at radius 3 is 2.89 bits per heavy atom. The Labute approximate surface area is 111 Å². The van der Waals surface area contributed by atoms with Crippen molar-refractivity contribution < 1.29 is 9.53 Å². The summed E-state index contributed by atoms with van der Waals surface area (Å²) in [6.07, 6.45) is 7.18. The van der Waals surface area contributed by atoms with Crippen LogP contribution in [-0.4, -0.2) is 15.7 Å². The molecule has 2 N–H and O–H groups in total. The largest absolute Gasteiger partial charge is 0.472 e. The fourth-order valence-corrected chi connectivity index (χ4v) is 1.73. The third kappa shape index (κ3) is 2.75. The van der Waals surface area contributed by atoms with Crippen LogP contribution >= 0.6 is 0 Å². The van der Waals surface area contributed by atoms with Crippen LogP contribution in [0.15, 0.2) is 30.5 Å². The molecule has 2 aromatic rings. The van der Waals surface area contributed by atoms with Crippen LogP contribution in [0.25, 0.3) is 0 Å². The van der Waals surface area contributed by atoms with Crippen molar-refractivity contribution in [1.82, 2.24) is 9.78 Å². The first kappa shape index (κ1) is 12.7. The number of nitrogens with zero attached hydrogens (tertiary/aromatic N) is 2. The Morgan fingerprint density at radius 1 is 1.53 bits per heavy atom. The van der Waals surface area contributed by atoms with E-state index in [9.17, 15) is 4.79 Å². The Kier molecular flexibility index (Phi) is 3.53. The van der Waals surface area contributed by atoms with E-state index in [2.05, 4.69) is 11.0 Å². The minimum absolute atomic E-state index is 0.148. The normalized spacial score (nSPS) is 9.89. The molecule has 1 heterocycles. The third-order valence-electron chi connectivity index (χ3n) is 2.65. The summed E-state index contributed by atoms with van der Waals surface area (Å²) >= 11 is 0. The van der Waals surface area contributed by atoms with Gasteiger partial charge in [0.1, 0.15) is 6.61 Å². The molecule has 0 saturated carbocycles. The van der Waals surface area contributed by atoms with E-state index >= 15 is 0 Å². The van der Waals surface area contributed by atoms with E-state index in [0.29, 0.717) is 22.6 Å². The lowest BCUT2D eigenvalue weighted by molar-refractivity contribution is 0.0997. The molecule has 0 aliphatic heterocycles. The number of nitrogens with two attached hydrogens (primary N) is 1. The molecule has 1 amide bonds. The van der Waals surface area contributed by atoms with Crippen LogP contribution in [0.5, 0.6) is 5.88 Å². The molecule has 96 valence electrons. The van der Waals surface area contributed by atoms with Crippen LogP contribution in [0, 0.1) is 12.3 Å². The summed E-state index contributed by atoms with van der Waals surface area (Å²) in [6.45, 7) is 0.148. The van der Waals surface area contributed by atoms with E-state index in [-0.39, 0.29) is 6.61 Å². The molecule has 0 fully saturated rings. The molecule has 0 atom stereocenters. The van der Waals surface area contributed by atoms with Crippen LogP contribution in [0.1, 0.15) is 21.5 Å². The SMILES string of the molecule is C#Cc1cccc(C(N)=O)c1COc1ccn(C)n1. The molecule has 0 bridgehead atoms. The number of carbonyl (C=O) groups is 1. The van der Waals surface area contributed by atoms with Crippen molar-refractivity contribution >= 4 is 5.91 Å². The molecular weight excluding hydrogens is 242 g/mol. The van der Waals surface area contributed by atoms with Crippen molar-refractivity contribution in [3.63, 3.8) is 0 Å². The molecule has 0 spiro atoms. The number of amides is 1. The molecule has 2 rings (SSSR count). The molecular formula is C14H13N3O2. The maximum Gasteiger partial charge on any atom is 0.249 e. The van der Waals surface area contributed by atoms with Crippen LogP contribution in [0.3, 0.4) is 0 Å². The van der Waals surface area contributed by atoms with Crippen molar-refractivity contribution in [2.24, 2.45) is 12.8 Å². The van der Waals surface area contributed by atoms with Gasteiger partial charge in [-0.15, -0.1) is 11.5 Å². The number of primary amides is 1. The fourth-order valence-electron chi connectivity index (χ4n) is 1.73. The minimum atomic E-state index is -0.531. The van der Waals surface area contributed by atoms with Crippen molar-refractivity contribution in [2.45, 2.75) is 6.61 Å². The first-order valence-electron chi connectivity index (χ1n) is 5.62. The quantitative estimate of drug-likeness (QED) is 0.831. The molecule has 0 aliphatic carbocycles. The van der Waals surface area contributed by atoms with Crippen LogP contribution < -0.4 is 10.5 Å². The molecule has 1 aromatic carbocycles. The Bertz CT molecular complexity index is 653. The van der Waals surface area contributed by atoms with Gasteiger partial charge in [0.25, 0.3) is 0 Å². The number of aryl methyl sites for hydroxylation is 1. The number of ether oxygens (including phenoxy) is 1. The van der Waals surface area contributed by atoms with Crippen LogP contribution in [-0.2, 0) is 13.7 Å². The summed E-state index contributed by atoms with van der Waals surface area (Å²) in [5.74, 6) is 2.45. The molecule has 0 aliphatic rings. The zero-order chi connectivity index (χ0) is 13.8. The number of terminal acetylenes is 1. The van der Waals surface area contributed by atoms with Crippen molar-refractivity contribution in [3.8, 4) is 18.2 Å². The zero-order valence-electron chi connectivity index (χ0n) is 10.5. The summed E-state index contributed by atoms with van der Waals surface area (Å²) < 4.78 is 7.13. The maximum absolute atomic E-state index is 11.4. The van der Waals surface area contributed by atoms with E-state index in [0.717, 1.165) is 0 Å². The van der Waals surface area contributed by atoms with E-state index in [1.807, 2.05) is 0 Å². The Balaban J connectivity index is 2.28. The molecule has 5 nitrogen and oxygen atoms in total. The summed E-state index contributed by atoms with van der Waals surface area (Å²) in [4.78, 5) is 11.4. The summed E-state index contributed by atoms with van der Waals surface area (Å²) in [6, 6.07) is 6.78. The van der Waals surface area contributed by atoms with Gasteiger partial charge in [0, 0.05) is 36.0 Å². The molecule has 19 heavy (non-hydrogen) atoms. The highest BCUT2D eigenvalue weighted by atomic mass is 16.5. The number of benzene rings is 1. The Morgan fingerprint density at radius 2 is 2.32 bits per heavy atom. The monoisotopic (exact) mass is 255 g/mol. The highest BCUT2D eigenvalue weighted by Crippen LogP contribution is 2.17. The average molecular weight is 255 g/mol. The highest BCUT2D eigenvalue weighted by molar-refractivity contribution is 5.94. The van der Waals surface area contributed by atoms with Gasteiger partial charge in [0.2, 0.25) is 11.8 Å². The predicted octanol–water partition coefficient (Wildman–Crippen LogP) is 1.08. The topological polar surface area (TPSA) is 70.1 Å². The van der Waals surface area contributed by atoms with Crippen LogP contribution in [0.4, 0.5) is 0 Å².